The number of carboxylic acid groups (broad SMARTS) is 1. The third-order valence-electron chi connectivity index (χ3n) is 3.05. The number of amides is 1. The fourth-order valence-corrected chi connectivity index (χ4v) is 2.72. The number of hydrogen-bond acceptors (Lipinski definition) is 3. The molecule has 0 saturated carbocycles. The minimum Gasteiger partial charge on any atom is -0.478 e. The molecule has 1 amide bonds. The number of carbonyl (C=O) groups excluding carboxylic acids is 1. The van der Waals surface area contributed by atoms with Gasteiger partial charge in [0.15, 0.2) is 0 Å². The average molecular weight is 295 g/mol. The fraction of sp³-hybridized carbons (Fsp3) is 0.467. The van der Waals surface area contributed by atoms with Crippen molar-refractivity contribution in [2.45, 2.75) is 33.2 Å². The minimum absolute atomic E-state index is 0.0237. The van der Waals surface area contributed by atoms with Crippen LogP contribution in [0.4, 0.5) is 0 Å². The van der Waals surface area contributed by atoms with Crippen LogP contribution in [0.25, 0.3) is 6.08 Å². The maximum absolute atomic E-state index is 12.3. The first-order valence-electron chi connectivity index (χ1n) is 6.58. The van der Waals surface area contributed by atoms with Gasteiger partial charge in [-0.25, -0.2) is 4.79 Å². The van der Waals surface area contributed by atoms with E-state index < -0.39 is 5.97 Å². The molecular formula is C15H21NO3S. The van der Waals surface area contributed by atoms with Crippen molar-refractivity contribution in [2.24, 2.45) is 5.92 Å². The van der Waals surface area contributed by atoms with Gasteiger partial charge in [0.05, 0.1) is 5.56 Å². The summed E-state index contributed by atoms with van der Waals surface area (Å²) in [6, 6.07) is 1.91. The van der Waals surface area contributed by atoms with Crippen LogP contribution < -0.4 is 0 Å². The molecule has 1 rings (SSSR count). The van der Waals surface area contributed by atoms with Crippen LogP contribution in [0.5, 0.6) is 0 Å². The van der Waals surface area contributed by atoms with Crippen molar-refractivity contribution >= 4 is 29.3 Å². The van der Waals surface area contributed by atoms with E-state index in [0.717, 1.165) is 17.4 Å². The number of carbonyl (C=O) groups is 2. The summed E-state index contributed by atoms with van der Waals surface area (Å²) < 4.78 is 0. The lowest BCUT2D eigenvalue weighted by Crippen LogP contribution is -2.35. The first kappa shape index (κ1) is 16.4. The Labute approximate surface area is 123 Å². The highest BCUT2D eigenvalue weighted by molar-refractivity contribution is 7.11. The topological polar surface area (TPSA) is 57.6 Å². The molecule has 1 aromatic heterocycles. The molecule has 1 aromatic rings. The molecule has 0 aromatic carbocycles. The Bertz CT molecular complexity index is 505. The van der Waals surface area contributed by atoms with Crippen LogP contribution in [0.15, 0.2) is 17.5 Å². The SMILES string of the molecule is CC(C)CC(C)N(C)C(=O)c1csc(C=CC(=O)O)c1. The third-order valence-corrected chi connectivity index (χ3v) is 3.95. The molecular weight excluding hydrogens is 274 g/mol. The largest absolute Gasteiger partial charge is 0.478 e. The van der Waals surface area contributed by atoms with Gasteiger partial charge in [-0.3, -0.25) is 4.79 Å². The Kier molecular flexibility index (Phi) is 5.95. The van der Waals surface area contributed by atoms with Gasteiger partial charge in [0.2, 0.25) is 0 Å². The molecule has 4 nitrogen and oxygen atoms in total. The molecule has 0 saturated heterocycles. The first-order valence-corrected chi connectivity index (χ1v) is 7.46. The molecule has 0 fully saturated rings. The van der Waals surface area contributed by atoms with E-state index >= 15 is 0 Å². The number of nitrogens with zero attached hydrogens (tertiary/aromatic N) is 1. The summed E-state index contributed by atoms with van der Waals surface area (Å²) >= 11 is 1.37. The summed E-state index contributed by atoms with van der Waals surface area (Å²) in [5.41, 5.74) is 0.609. The molecule has 0 bridgehead atoms. The van der Waals surface area contributed by atoms with Crippen LogP contribution in [0, 0.1) is 5.92 Å². The van der Waals surface area contributed by atoms with Crippen LogP contribution in [-0.4, -0.2) is 35.0 Å². The molecule has 110 valence electrons. The number of hydrogen-bond donors (Lipinski definition) is 1. The second kappa shape index (κ2) is 7.24. The van der Waals surface area contributed by atoms with E-state index in [9.17, 15) is 9.59 Å². The van der Waals surface area contributed by atoms with Gasteiger partial charge in [-0.05, 0) is 31.4 Å². The van der Waals surface area contributed by atoms with E-state index in [2.05, 4.69) is 13.8 Å². The second-order valence-corrected chi connectivity index (χ2v) is 6.25. The highest BCUT2D eigenvalue weighted by Gasteiger charge is 2.19. The molecule has 1 unspecified atom stereocenters. The molecule has 0 aliphatic carbocycles. The van der Waals surface area contributed by atoms with E-state index in [0.29, 0.717) is 11.5 Å². The zero-order valence-electron chi connectivity index (χ0n) is 12.3. The van der Waals surface area contributed by atoms with Crippen molar-refractivity contribution in [1.82, 2.24) is 4.90 Å². The summed E-state index contributed by atoms with van der Waals surface area (Å²) in [4.78, 5) is 25.3. The van der Waals surface area contributed by atoms with Crippen LogP contribution in [0.3, 0.4) is 0 Å². The highest BCUT2D eigenvalue weighted by Crippen LogP contribution is 2.19. The molecule has 1 N–H and O–H groups in total. The zero-order valence-corrected chi connectivity index (χ0v) is 13.1. The molecule has 1 atom stereocenters. The lowest BCUT2D eigenvalue weighted by atomic mass is 10.0. The van der Waals surface area contributed by atoms with E-state index in [1.54, 1.807) is 23.4 Å². The van der Waals surface area contributed by atoms with Crippen molar-refractivity contribution in [2.75, 3.05) is 7.05 Å². The smallest absolute Gasteiger partial charge is 0.328 e. The zero-order chi connectivity index (χ0) is 15.3. The van der Waals surface area contributed by atoms with E-state index in [1.165, 1.54) is 17.4 Å². The standard InChI is InChI=1S/C15H21NO3S/c1-10(2)7-11(3)16(4)15(19)12-8-13(20-9-12)5-6-14(17)18/h5-6,8-11H,7H2,1-4H3,(H,17,18). The highest BCUT2D eigenvalue weighted by atomic mass is 32.1. The first-order chi connectivity index (χ1) is 9.31. The Balaban J connectivity index is 2.75. The second-order valence-electron chi connectivity index (χ2n) is 5.30. The molecule has 0 radical (unpaired) electrons. The van der Waals surface area contributed by atoms with Gasteiger partial charge in [-0.2, -0.15) is 0 Å². The molecule has 0 spiro atoms. The van der Waals surface area contributed by atoms with Gasteiger partial charge < -0.3 is 10.0 Å². The minimum atomic E-state index is -0.992. The molecule has 0 aliphatic heterocycles. The predicted molar refractivity (Wildman–Crippen MR) is 82.0 cm³/mol. The molecule has 5 heteroatoms. The Hall–Kier alpha value is -1.62. The average Bonchev–Trinajstić information content (AvgIpc) is 2.82. The van der Waals surface area contributed by atoms with Crippen molar-refractivity contribution < 1.29 is 14.7 Å². The predicted octanol–water partition coefficient (Wildman–Crippen LogP) is 3.35. The maximum atomic E-state index is 12.3. The number of rotatable bonds is 6. The molecule has 1 heterocycles. The van der Waals surface area contributed by atoms with Gasteiger partial charge in [0.1, 0.15) is 0 Å². The van der Waals surface area contributed by atoms with Crippen molar-refractivity contribution in [3.8, 4) is 0 Å². The van der Waals surface area contributed by atoms with Crippen LogP contribution in [0.2, 0.25) is 0 Å². The Morgan fingerprint density at radius 1 is 1.40 bits per heavy atom. The summed E-state index contributed by atoms with van der Waals surface area (Å²) in [5, 5.41) is 10.3. The van der Waals surface area contributed by atoms with Crippen molar-refractivity contribution in [1.29, 1.82) is 0 Å². The van der Waals surface area contributed by atoms with Crippen LogP contribution in [-0.2, 0) is 4.79 Å². The summed E-state index contributed by atoms with van der Waals surface area (Å²) in [5.74, 6) is -0.477. The number of thiophene rings is 1. The summed E-state index contributed by atoms with van der Waals surface area (Å²) in [7, 11) is 1.81. The lowest BCUT2D eigenvalue weighted by molar-refractivity contribution is -0.131. The van der Waals surface area contributed by atoms with E-state index in [4.69, 9.17) is 5.11 Å². The van der Waals surface area contributed by atoms with E-state index in [-0.39, 0.29) is 11.9 Å². The Morgan fingerprint density at radius 3 is 2.60 bits per heavy atom. The van der Waals surface area contributed by atoms with E-state index in [1.807, 2.05) is 6.92 Å². The summed E-state index contributed by atoms with van der Waals surface area (Å²) in [6.45, 7) is 6.30. The molecule has 20 heavy (non-hydrogen) atoms. The van der Waals surface area contributed by atoms with Gasteiger partial charge in [0, 0.05) is 29.4 Å². The number of carboxylic acids is 1. The van der Waals surface area contributed by atoms with Gasteiger partial charge in [-0.15, -0.1) is 11.3 Å². The van der Waals surface area contributed by atoms with Gasteiger partial charge in [0.25, 0.3) is 5.91 Å². The monoisotopic (exact) mass is 295 g/mol. The lowest BCUT2D eigenvalue weighted by Gasteiger charge is -2.26. The molecule has 0 aliphatic rings. The summed E-state index contributed by atoms with van der Waals surface area (Å²) in [6.07, 6.45) is 3.53. The number of aliphatic carboxylic acids is 1. The van der Waals surface area contributed by atoms with Crippen LogP contribution >= 0.6 is 11.3 Å². The Morgan fingerprint density at radius 2 is 2.05 bits per heavy atom. The fourth-order valence-electron chi connectivity index (χ4n) is 1.95. The van der Waals surface area contributed by atoms with Crippen molar-refractivity contribution in [3.63, 3.8) is 0 Å². The van der Waals surface area contributed by atoms with Gasteiger partial charge in [-0.1, -0.05) is 13.8 Å². The maximum Gasteiger partial charge on any atom is 0.328 e. The van der Waals surface area contributed by atoms with Gasteiger partial charge >= 0.3 is 5.97 Å². The normalized spacial score (nSPS) is 12.8. The quantitative estimate of drug-likeness (QED) is 0.819. The third kappa shape index (κ3) is 4.81. The van der Waals surface area contributed by atoms with Crippen LogP contribution in [0.1, 0.15) is 42.4 Å². The van der Waals surface area contributed by atoms with Crippen molar-refractivity contribution in [3.05, 3.63) is 28.0 Å².